The molecule has 0 saturated heterocycles. The molecule has 96 valence electrons. The molecule has 0 bridgehead atoms. The van der Waals surface area contributed by atoms with E-state index in [0.717, 1.165) is 23.9 Å². The maximum absolute atomic E-state index is 12.4. The molecule has 1 aliphatic heterocycles. The second-order valence-corrected chi connectivity index (χ2v) is 6.48. The molecule has 0 aliphatic carbocycles. The lowest BCUT2D eigenvalue weighted by Crippen LogP contribution is -2.21. The molecular weight excluding hydrogens is 224 g/mol. The minimum atomic E-state index is 0.141. The lowest BCUT2D eigenvalue weighted by atomic mass is 9.91. The summed E-state index contributed by atoms with van der Waals surface area (Å²) in [6.45, 7) is 9.65. The van der Waals surface area contributed by atoms with Gasteiger partial charge in [0.05, 0.1) is 10.9 Å². The first-order valence-electron chi connectivity index (χ1n) is 6.62. The van der Waals surface area contributed by atoms with Gasteiger partial charge in [-0.15, -0.1) is 0 Å². The van der Waals surface area contributed by atoms with Crippen LogP contribution in [0.4, 0.5) is 0 Å². The van der Waals surface area contributed by atoms with Gasteiger partial charge in [-0.1, -0.05) is 13.8 Å². The van der Waals surface area contributed by atoms with E-state index >= 15 is 0 Å². The van der Waals surface area contributed by atoms with E-state index in [1.54, 1.807) is 0 Å². The molecule has 0 spiro atoms. The number of nitrogens with zero attached hydrogens (tertiary/aromatic N) is 2. The average Bonchev–Trinajstić information content (AvgIpc) is 2.71. The van der Waals surface area contributed by atoms with Gasteiger partial charge in [-0.3, -0.25) is 4.79 Å². The van der Waals surface area contributed by atoms with Crippen molar-refractivity contribution in [3.05, 3.63) is 34.4 Å². The summed E-state index contributed by atoms with van der Waals surface area (Å²) in [5, 5.41) is 0.872. The molecule has 18 heavy (non-hydrogen) atoms. The van der Waals surface area contributed by atoms with Crippen molar-refractivity contribution in [1.82, 2.24) is 9.13 Å². The molecule has 2 aromatic rings. The first kappa shape index (κ1) is 11.6. The van der Waals surface area contributed by atoms with Crippen LogP contribution in [0.2, 0.25) is 0 Å². The summed E-state index contributed by atoms with van der Waals surface area (Å²) in [6, 6.07) is 4.39. The van der Waals surface area contributed by atoms with E-state index in [1.165, 1.54) is 5.69 Å². The van der Waals surface area contributed by atoms with E-state index < -0.39 is 0 Å². The van der Waals surface area contributed by atoms with Crippen LogP contribution in [0.5, 0.6) is 0 Å². The largest absolute Gasteiger partial charge is 0.344 e. The Morgan fingerprint density at radius 2 is 2.06 bits per heavy atom. The van der Waals surface area contributed by atoms with Gasteiger partial charge in [0.25, 0.3) is 5.56 Å². The van der Waals surface area contributed by atoms with Gasteiger partial charge in [0.2, 0.25) is 0 Å². The highest BCUT2D eigenvalue weighted by Crippen LogP contribution is 2.35. The van der Waals surface area contributed by atoms with Crippen LogP contribution in [-0.2, 0) is 13.0 Å². The van der Waals surface area contributed by atoms with Crippen molar-refractivity contribution >= 4 is 10.9 Å². The minimum Gasteiger partial charge on any atom is -0.344 e. The Bertz CT molecular complexity index is 674. The SMILES string of the molecule is CC(C)n1ccc2c(cc3n2CC(C)(C)C3)c1=O. The molecule has 3 nitrogen and oxygen atoms in total. The fourth-order valence-corrected chi connectivity index (χ4v) is 3.04. The van der Waals surface area contributed by atoms with Crippen molar-refractivity contribution < 1.29 is 0 Å². The van der Waals surface area contributed by atoms with Crippen LogP contribution in [0.15, 0.2) is 23.1 Å². The Kier molecular flexibility index (Phi) is 2.25. The van der Waals surface area contributed by atoms with Crippen LogP contribution >= 0.6 is 0 Å². The minimum absolute atomic E-state index is 0.141. The fourth-order valence-electron chi connectivity index (χ4n) is 3.04. The lowest BCUT2D eigenvalue weighted by molar-refractivity contribution is 0.362. The zero-order valence-electron chi connectivity index (χ0n) is 11.5. The molecule has 2 aromatic heterocycles. The van der Waals surface area contributed by atoms with Gasteiger partial charge in [0, 0.05) is 24.5 Å². The Hall–Kier alpha value is -1.51. The van der Waals surface area contributed by atoms with Gasteiger partial charge in [-0.25, -0.2) is 0 Å². The van der Waals surface area contributed by atoms with Crippen LogP contribution in [0.1, 0.15) is 39.4 Å². The van der Waals surface area contributed by atoms with Crippen molar-refractivity contribution in [2.24, 2.45) is 5.41 Å². The Balaban J connectivity index is 2.25. The van der Waals surface area contributed by atoms with E-state index in [4.69, 9.17) is 0 Å². The molecule has 0 fully saturated rings. The van der Waals surface area contributed by atoms with Crippen molar-refractivity contribution in [3.63, 3.8) is 0 Å². The van der Waals surface area contributed by atoms with Crippen LogP contribution in [-0.4, -0.2) is 9.13 Å². The molecule has 0 aromatic carbocycles. The van der Waals surface area contributed by atoms with Crippen LogP contribution < -0.4 is 5.56 Å². The molecule has 3 heteroatoms. The number of hydrogen-bond donors (Lipinski definition) is 0. The number of hydrogen-bond acceptors (Lipinski definition) is 1. The average molecular weight is 244 g/mol. The molecule has 0 amide bonds. The van der Waals surface area contributed by atoms with Gasteiger partial charge in [0.1, 0.15) is 0 Å². The normalized spacial score (nSPS) is 17.6. The van der Waals surface area contributed by atoms with Crippen LogP contribution in [0, 0.1) is 5.41 Å². The predicted octanol–water partition coefficient (Wildman–Crippen LogP) is 2.97. The van der Waals surface area contributed by atoms with Gasteiger partial charge >= 0.3 is 0 Å². The van der Waals surface area contributed by atoms with Crippen molar-refractivity contribution in [2.45, 2.75) is 46.7 Å². The van der Waals surface area contributed by atoms with E-state index in [1.807, 2.05) is 24.6 Å². The standard InChI is InChI=1S/C15H20N2O/c1-10(2)16-6-5-13-12(14(16)18)7-11-8-15(3,4)9-17(11)13/h5-7,10H,8-9H2,1-4H3. The Morgan fingerprint density at radius 1 is 1.33 bits per heavy atom. The number of rotatable bonds is 1. The highest BCUT2D eigenvalue weighted by Gasteiger charge is 2.30. The fraction of sp³-hybridized carbons (Fsp3) is 0.533. The zero-order chi connectivity index (χ0) is 13.1. The molecular formula is C15H20N2O. The summed E-state index contributed by atoms with van der Waals surface area (Å²) >= 11 is 0. The van der Waals surface area contributed by atoms with Gasteiger partial charge < -0.3 is 9.13 Å². The molecule has 3 heterocycles. The third-order valence-corrected chi connectivity index (χ3v) is 3.88. The Morgan fingerprint density at radius 3 is 2.72 bits per heavy atom. The molecule has 0 radical (unpaired) electrons. The van der Waals surface area contributed by atoms with E-state index in [0.29, 0.717) is 5.41 Å². The van der Waals surface area contributed by atoms with Crippen LogP contribution in [0.25, 0.3) is 10.9 Å². The van der Waals surface area contributed by atoms with Gasteiger partial charge in [0.15, 0.2) is 0 Å². The molecule has 0 atom stereocenters. The Labute approximate surface area is 107 Å². The molecule has 0 N–H and O–H groups in total. The van der Waals surface area contributed by atoms with Crippen LogP contribution in [0.3, 0.4) is 0 Å². The summed E-state index contributed by atoms with van der Waals surface area (Å²) in [4.78, 5) is 12.4. The highest BCUT2D eigenvalue weighted by atomic mass is 16.1. The van der Waals surface area contributed by atoms with Crippen molar-refractivity contribution in [3.8, 4) is 0 Å². The van der Waals surface area contributed by atoms with E-state index in [9.17, 15) is 4.79 Å². The smallest absolute Gasteiger partial charge is 0.260 e. The summed E-state index contributed by atoms with van der Waals surface area (Å²) in [7, 11) is 0. The van der Waals surface area contributed by atoms with E-state index in [-0.39, 0.29) is 11.6 Å². The second-order valence-electron chi connectivity index (χ2n) is 6.48. The molecule has 0 saturated carbocycles. The van der Waals surface area contributed by atoms with Gasteiger partial charge in [-0.2, -0.15) is 0 Å². The maximum Gasteiger partial charge on any atom is 0.260 e. The van der Waals surface area contributed by atoms with Crippen molar-refractivity contribution in [2.75, 3.05) is 0 Å². The third-order valence-electron chi connectivity index (χ3n) is 3.88. The molecule has 1 aliphatic rings. The zero-order valence-corrected chi connectivity index (χ0v) is 11.5. The van der Waals surface area contributed by atoms with Gasteiger partial charge in [-0.05, 0) is 37.8 Å². The second kappa shape index (κ2) is 3.50. The number of pyridine rings is 1. The summed E-state index contributed by atoms with van der Waals surface area (Å²) in [5.41, 5.74) is 2.85. The lowest BCUT2D eigenvalue weighted by Gasteiger charge is -2.16. The van der Waals surface area contributed by atoms with E-state index in [2.05, 4.69) is 30.5 Å². The van der Waals surface area contributed by atoms with Crippen molar-refractivity contribution in [1.29, 1.82) is 0 Å². The molecule has 0 unspecified atom stereocenters. The first-order chi connectivity index (χ1) is 8.39. The monoisotopic (exact) mass is 244 g/mol. The maximum atomic E-state index is 12.4. The number of aromatic nitrogens is 2. The topological polar surface area (TPSA) is 26.9 Å². The first-order valence-corrected chi connectivity index (χ1v) is 6.62. The predicted molar refractivity (Wildman–Crippen MR) is 74.1 cm³/mol. The summed E-state index contributed by atoms with van der Waals surface area (Å²) in [5.74, 6) is 0. The summed E-state index contributed by atoms with van der Waals surface area (Å²) < 4.78 is 4.12. The quantitative estimate of drug-likeness (QED) is 0.757. The third kappa shape index (κ3) is 1.53. The number of fused-ring (bicyclic) bond motifs is 3. The molecule has 3 rings (SSSR count). The highest BCUT2D eigenvalue weighted by molar-refractivity contribution is 5.80. The summed E-state index contributed by atoms with van der Waals surface area (Å²) in [6.07, 6.45) is 2.98.